The van der Waals surface area contributed by atoms with Gasteiger partial charge in [-0.3, -0.25) is 0 Å². The Morgan fingerprint density at radius 2 is 1.63 bits per heavy atom. The van der Waals surface area contributed by atoms with Crippen molar-refractivity contribution in [1.82, 2.24) is 0 Å². The number of carbonyl (C=O) groups is 2. The Hall–Kier alpha value is -3.08. The second-order valence-electron chi connectivity index (χ2n) is 6.65. The highest BCUT2D eigenvalue weighted by Crippen LogP contribution is 2.67. The molecule has 2 rings (SSSR count). The molecule has 4 unspecified atom stereocenters. The molecule has 2 aliphatic rings. The number of isocyanates is 2. The van der Waals surface area contributed by atoms with Crippen LogP contribution in [0, 0.1) is 22.7 Å². The lowest BCUT2D eigenvalue weighted by Crippen LogP contribution is -2.58. The Balaban J connectivity index is 2.40. The van der Waals surface area contributed by atoms with Gasteiger partial charge < -0.3 is 19.8 Å². The molecular weight excluding hydrogens is 352 g/mol. The number of aliphatic imine (C=N–C) groups is 2. The monoisotopic (exact) mass is 370 g/mol. The quantitative estimate of drug-likeness (QED) is 0.281. The first-order valence-corrected chi connectivity index (χ1v) is 8.44. The van der Waals surface area contributed by atoms with Crippen molar-refractivity contribution in [3.63, 3.8) is 0 Å². The van der Waals surface area contributed by atoms with Crippen molar-refractivity contribution >= 4 is 24.1 Å². The fourth-order valence-electron chi connectivity index (χ4n) is 4.44. The zero-order valence-corrected chi connectivity index (χ0v) is 14.5. The second kappa shape index (κ2) is 8.54. The van der Waals surface area contributed by atoms with Crippen LogP contribution in [0.5, 0.6) is 0 Å². The lowest BCUT2D eigenvalue weighted by Gasteiger charge is -2.49. The third kappa shape index (κ3) is 3.58. The van der Waals surface area contributed by atoms with Gasteiger partial charge in [0.15, 0.2) is 0 Å². The molecule has 2 bridgehead atoms. The summed E-state index contributed by atoms with van der Waals surface area (Å²) >= 11 is 0. The van der Waals surface area contributed by atoms with Crippen molar-refractivity contribution in [2.24, 2.45) is 32.7 Å². The number of carboxylic acids is 2. The molecule has 0 aliphatic heterocycles. The van der Waals surface area contributed by atoms with E-state index >= 15 is 0 Å². The van der Waals surface area contributed by atoms with Gasteiger partial charge in [-0.1, -0.05) is 36.5 Å². The topological polar surface area (TPSA) is 139 Å². The van der Waals surface area contributed by atoms with E-state index in [1.165, 1.54) is 24.3 Å². The molecule has 8 heteroatoms. The maximum absolute atomic E-state index is 12.2. The van der Waals surface area contributed by atoms with Crippen LogP contribution in [0.3, 0.4) is 0 Å². The first-order valence-electron chi connectivity index (χ1n) is 8.44. The maximum atomic E-state index is 12.2. The molecule has 8 nitrogen and oxygen atoms in total. The number of aliphatic carboxylic acids is 2. The van der Waals surface area contributed by atoms with Crippen LogP contribution in [0.1, 0.15) is 19.3 Å². The van der Waals surface area contributed by atoms with E-state index in [4.69, 9.17) is 0 Å². The van der Waals surface area contributed by atoms with Gasteiger partial charge in [-0.05, 0) is 25.2 Å². The van der Waals surface area contributed by atoms with Gasteiger partial charge in [0.25, 0.3) is 0 Å². The van der Waals surface area contributed by atoms with Crippen molar-refractivity contribution in [3.8, 4) is 0 Å². The molecule has 27 heavy (non-hydrogen) atoms. The Morgan fingerprint density at radius 3 is 2.15 bits per heavy atom. The predicted octanol–water partition coefficient (Wildman–Crippen LogP) is -0.771. The van der Waals surface area contributed by atoms with Crippen molar-refractivity contribution in [2.45, 2.75) is 19.3 Å². The van der Waals surface area contributed by atoms with Crippen molar-refractivity contribution < 1.29 is 29.4 Å². The largest absolute Gasteiger partial charge is 0.550 e. The van der Waals surface area contributed by atoms with Crippen LogP contribution in [0.15, 0.2) is 46.4 Å². The summed E-state index contributed by atoms with van der Waals surface area (Å²) in [5.41, 5.74) is -2.65. The van der Waals surface area contributed by atoms with Gasteiger partial charge in [-0.15, -0.1) is 0 Å². The van der Waals surface area contributed by atoms with Crippen LogP contribution < -0.4 is 10.2 Å². The summed E-state index contributed by atoms with van der Waals surface area (Å²) in [6.07, 6.45) is 13.0. The number of nitrogens with zero attached hydrogens (tertiary/aromatic N) is 2. The SMILES string of the molecule is O=C=NC/C=C/CC12C=CC(C1)C(C(=O)[O-])C2(C/C=C/CN=C=O)C(=O)[O-]. The number of carbonyl (C=O) groups excluding carboxylic acids is 4. The lowest BCUT2D eigenvalue weighted by molar-refractivity contribution is -0.338. The second-order valence-corrected chi connectivity index (χ2v) is 6.65. The van der Waals surface area contributed by atoms with Crippen LogP contribution in [-0.4, -0.2) is 37.2 Å². The van der Waals surface area contributed by atoms with Crippen molar-refractivity contribution in [2.75, 3.05) is 13.1 Å². The molecule has 2 aliphatic carbocycles. The van der Waals surface area contributed by atoms with E-state index in [-0.39, 0.29) is 25.9 Å². The summed E-state index contributed by atoms with van der Waals surface area (Å²) < 4.78 is 0. The highest BCUT2D eigenvalue weighted by molar-refractivity contribution is 5.85. The minimum absolute atomic E-state index is 0.0263. The Bertz CT molecular complexity index is 788. The van der Waals surface area contributed by atoms with E-state index in [2.05, 4.69) is 9.98 Å². The molecule has 142 valence electrons. The highest BCUT2D eigenvalue weighted by atomic mass is 16.4. The molecule has 0 aromatic rings. The average molecular weight is 370 g/mol. The van der Waals surface area contributed by atoms with E-state index in [0.717, 1.165) is 0 Å². The molecule has 1 fully saturated rings. The van der Waals surface area contributed by atoms with Gasteiger partial charge in [0.2, 0.25) is 12.2 Å². The summed E-state index contributed by atoms with van der Waals surface area (Å²) in [6, 6.07) is 0. The van der Waals surface area contributed by atoms with Crippen LogP contribution >= 0.6 is 0 Å². The van der Waals surface area contributed by atoms with E-state index in [9.17, 15) is 29.4 Å². The summed E-state index contributed by atoms with van der Waals surface area (Å²) in [7, 11) is 0. The van der Waals surface area contributed by atoms with Crippen molar-refractivity contribution in [1.29, 1.82) is 0 Å². The molecule has 0 spiro atoms. The number of fused-ring (bicyclic) bond motifs is 2. The van der Waals surface area contributed by atoms with E-state index < -0.39 is 34.6 Å². The van der Waals surface area contributed by atoms with Gasteiger partial charge in [0.05, 0.1) is 13.1 Å². The summed E-state index contributed by atoms with van der Waals surface area (Å²) in [6.45, 7) is 0.136. The first kappa shape index (κ1) is 20.2. The Morgan fingerprint density at radius 1 is 1.04 bits per heavy atom. The number of rotatable bonds is 10. The van der Waals surface area contributed by atoms with Crippen LogP contribution in [-0.2, 0) is 19.2 Å². The fourth-order valence-corrected chi connectivity index (χ4v) is 4.44. The first-order chi connectivity index (χ1) is 12.9. The van der Waals surface area contributed by atoms with Gasteiger partial charge in [0, 0.05) is 28.7 Å². The maximum Gasteiger partial charge on any atom is 0.235 e. The zero-order chi connectivity index (χ0) is 19.9. The summed E-state index contributed by atoms with van der Waals surface area (Å²) in [4.78, 5) is 51.0. The molecule has 0 radical (unpaired) electrons. The average Bonchev–Trinajstić information content (AvgIpc) is 3.16. The molecule has 0 N–H and O–H groups in total. The van der Waals surface area contributed by atoms with E-state index in [1.807, 2.05) is 0 Å². The van der Waals surface area contributed by atoms with E-state index in [0.29, 0.717) is 6.42 Å². The minimum Gasteiger partial charge on any atom is -0.550 e. The minimum atomic E-state index is -1.69. The predicted molar refractivity (Wildman–Crippen MR) is 89.1 cm³/mol. The summed E-state index contributed by atoms with van der Waals surface area (Å²) in [5, 5.41) is 24.0. The fraction of sp³-hybridized carbons (Fsp3) is 0.474. The van der Waals surface area contributed by atoms with Gasteiger partial charge in [-0.25, -0.2) is 19.6 Å². The third-order valence-corrected chi connectivity index (χ3v) is 5.51. The van der Waals surface area contributed by atoms with Gasteiger partial charge >= 0.3 is 0 Å². The standard InChI is InChI=1S/C19H20N2O6/c22-12-20-9-3-1-6-18-8-5-14(11-18)15(16(24)25)19(18,17(26)27)7-2-4-10-21-13-23/h1-5,8,14-15H,6-7,9-11H2,(H,24,25)(H,26,27)/p-2/b3-1+,4-2+. The number of allylic oxidation sites excluding steroid dienone is 4. The van der Waals surface area contributed by atoms with Crippen LogP contribution in [0.4, 0.5) is 0 Å². The van der Waals surface area contributed by atoms with Gasteiger partial charge in [-0.2, -0.15) is 0 Å². The summed E-state index contributed by atoms with van der Waals surface area (Å²) in [5.74, 6) is -4.57. The molecular formula is C19H18N2O6-2. The Labute approximate surface area is 155 Å². The smallest absolute Gasteiger partial charge is 0.235 e. The van der Waals surface area contributed by atoms with Crippen molar-refractivity contribution in [3.05, 3.63) is 36.5 Å². The molecule has 1 saturated carbocycles. The molecule has 0 aromatic heterocycles. The molecule has 0 aromatic carbocycles. The molecule has 0 saturated heterocycles. The molecule has 4 atom stereocenters. The Kier molecular flexibility index (Phi) is 6.40. The zero-order valence-electron chi connectivity index (χ0n) is 14.5. The number of hydrogen-bond acceptors (Lipinski definition) is 8. The van der Waals surface area contributed by atoms with E-state index in [1.54, 1.807) is 24.3 Å². The number of hydrogen-bond donors (Lipinski definition) is 0. The lowest BCUT2D eigenvalue weighted by atomic mass is 9.57. The third-order valence-electron chi connectivity index (χ3n) is 5.51. The van der Waals surface area contributed by atoms with Crippen LogP contribution in [0.25, 0.3) is 0 Å². The van der Waals surface area contributed by atoms with Gasteiger partial charge in [0.1, 0.15) is 0 Å². The normalized spacial score (nSPS) is 31.1. The highest BCUT2D eigenvalue weighted by Gasteiger charge is 2.64. The van der Waals surface area contributed by atoms with Crippen LogP contribution in [0.2, 0.25) is 0 Å². The molecule has 0 amide bonds. The number of carboxylic acid groups (broad SMARTS) is 2. The molecule has 0 heterocycles.